The van der Waals surface area contributed by atoms with E-state index in [1.807, 2.05) is 0 Å². The van der Waals surface area contributed by atoms with Crippen molar-refractivity contribution in [2.75, 3.05) is 11.9 Å². The van der Waals surface area contributed by atoms with Crippen LogP contribution in [0.25, 0.3) is 0 Å². The zero-order chi connectivity index (χ0) is 13.6. The van der Waals surface area contributed by atoms with E-state index in [4.69, 9.17) is 27.9 Å². The molecule has 1 aromatic carbocycles. The number of halogens is 2. The van der Waals surface area contributed by atoms with Crippen LogP contribution in [0.1, 0.15) is 6.42 Å². The highest BCUT2D eigenvalue weighted by molar-refractivity contribution is 6.42. The van der Waals surface area contributed by atoms with Crippen LogP contribution in [-0.2, 0) is 14.3 Å². The summed E-state index contributed by atoms with van der Waals surface area (Å²) in [6.07, 6.45) is -0.515. The van der Waals surface area contributed by atoms with Crippen molar-refractivity contribution < 1.29 is 14.3 Å². The molecule has 7 heteroatoms. The first-order chi connectivity index (χ1) is 9.04. The fraction of sp³-hybridized carbons (Fsp3) is 0.333. The molecule has 1 aromatic rings. The van der Waals surface area contributed by atoms with Crippen LogP contribution in [-0.4, -0.2) is 35.6 Å². The van der Waals surface area contributed by atoms with Crippen molar-refractivity contribution in [2.45, 2.75) is 18.8 Å². The van der Waals surface area contributed by atoms with Gasteiger partial charge >= 0.3 is 0 Å². The molecule has 2 amide bonds. The third-order valence-corrected chi connectivity index (χ3v) is 3.92. The Bertz CT molecular complexity index is 564. The average Bonchev–Trinajstić information content (AvgIpc) is 2.71. The van der Waals surface area contributed by atoms with Gasteiger partial charge < -0.3 is 15.0 Å². The molecular weight excluding hydrogens is 291 g/mol. The first-order valence-corrected chi connectivity index (χ1v) is 6.51. The fourth-order valence-corrected chi connectivity index (χ4v) is 2.42. The number of nitrogens with zero attached hydrogens (tertiary/aromatic N) is 1. The van der Waals surface area contributed by atoms with Crippen molar-refractivity contribution in [3.63, 3.8) is 0 Å². The van der Waals surface area contributed by atoms with Crippen LogP contribution < -0.4 is 5.32 Å². The van der Waals surface area contributed by atoms with E-state index >= 15 is 0 Å². The number of hydrogen-bond acceptors (Lipinski definition) is 3. The molecule has 2 heterocycles. The standard InChI is InChI=1S/C12H10Cl2N2O3/c13-7-2-1-6(3-8(7)14)15-12(18)9-5-16-10(17)4-11(16)19-9/h1-3,9,11H,4-5H2,(H,15,18)/t9-,11+/m1/s1. The van der Waals surface area contributed by atoms with Crippen LogP contribution in [0.3, 0.4) is 0 Å². The monoisotopic (exact) mass is 300 g/mol. The van der Waals surface area contributed by atoms with Gasteiger partial charge in [0.15, 0.2) is 6.10 Å². The van der Waals surface area contributed by atoms with Crippen LogP contribution in [0.5, 0.6) is 0 Å². The molecule has 2 atom stereocenters. The number of amides is 2. The third-order valence-electron chi connectivity index (χ3n) is 3.18. The summed E-state index contributed by atoms with van der Waals surface area (Å²) < 4.78 is 5.45. The van der Waals surface area contributed by atoms with E-state index in [2.05, 4.69) is 5.32 Å². The molecular formula is C12H10Cl2N2O3. The van der Waals surface area contributed by atoms with Gasteiger partial charge in [0.1, 0.15) is 6.23 Å². The minimum Gasteiger partial charge on any atom is -0.343 e. The zero-order valence-electron chi connectivity index (χ0n) is 9.73. The van der Waals surface area contributed by atoms with E-state index in [0.29, 0.717) is 28.7 Å². The number of β-lactam (4-membered cyclic amide) rings is 1. The molecule has 2 aliphatic rings. The Kier molecular flexibility index (Phi) is 3.12. The van der Waals surface area contributed by atoms with Gasteiger partial charge in [0, 0.05) is 5.69 Å². The Balaban J connectivity index is 1.65. The lowest BCUT2D eigenvalue weighted by atomic mass is 10.2. The molecule has 0 unspecified atom stereocenters. The molecule has 0 aromatic heterocycles. The third kappa shape index (κ3) is 2.29. The van der Waals surface area contributed by atoms with Gasteiger partial charge in [-0.3, -0.25) is 9.59 Å². The first kappa shape index (κ1) is 12.7. The Labute approximate surface area is 119 Å². The number of benzene rings is 1. The zero-order valence-corrected chi connectivity index (χ0v) is 11.2. The minimum absolute atomic E-state index is 0.0230. The van der Waals surface area contributed by atoms with Gasteiger partial charge in [0.2, 0.25) is 5.91 Å². The van der Waals surface area contributed by atoms with Gasteiger partial charge in [-0.25, -0.2) is 0 Å². The molecule has 0 spiro atoms. The van der Waals surface area contributed by atoms with E-state index in [1.54, 1.807) is 23.1 Å². The van der Waals surface area contributed by atoms with Crippen molar-refractivity contribution in [1.82, 2.24) is 4.90 Å². The van der Waals surface area contributed by atoms with Gasteiger partial charge in [-0.2, -0.15) is 0 Å². The SMILES string of the molecule is O=C(Nc1ccc(Cl)c(Cl)c1)[C@H]1CN2C(=O)C[C@@H]2O1. The predicted octanol–water partition coefficient (Wildman–Crippen LogP) is 1.89. The number of rotatable bonds is 2. The Morgan fingerprint density at radius 3 is 2.79 bits per heavy atom. The minimum atomic E-state index is -0.633. The first-order valence-electron chi connectivity index (χ1n) is 5.75. The lowest BCUT2D eigenvalue weighted by Crippen LogP contribution is -2.48. The highest BCUT2D eigenvalue weighted by Crippen LogP contribution is 2.30. The number of ether oxygens (including phenoxy) is 1. The summed E-state index contributed by atoms with van der Waals surface area (Å²) in [6.45, 7) is 0.302. The van der Waals surface area contributed by atoms with Gasteiger partial charge in [-0.15, -0.1) is 0 Å². The Hall–Kier alpha value is -1.30. The maximum Gasteiger partial charge on any atom is 0.255 e. The molecule has 2 fully saturated rings. The van der Waals surface area contributed by atoms with E-state index in [9.17, 15) is 9.59 Å². The number of fused-ring (bicyclic) bond motifs is 1. The highest BCUT2D eigenvalue weighted by atomic mass is 35.5. The lowest BCUT2D eigenvalue weighted by molar-refractivity contribution is -0.157. The van der Waals surface area contributed by atoms with Gasteiger partial charge in [-0.1, -0.05) is 23.2 Å². The van der Waals surface area contributed by atoms with Gasteiger partial charge in [-0.05, 0) is 18.2 Å². The number of carbonyl (C=O) groups excluding carboxylic acids is 2. The van der Waals surface area contributed by atoms with Gasteiger partial charge in [0.25, 0.3) is 5.91 Å². The molecule has 19 heavy (non-hydrogen) atoms. The van der Waals surface area contributed by atoms with E-state index in [0.717, 1.165) is 0 Å². The molecule has 1 N–H and O–H groups in total. The summed E-state index contributed by atoms with van der Waals surface area (Å²) in [5.74, 6) is -0.268. The molecule has 2 aliphatic heterocycles. The summed E-state index contributed by atoms with van der Waals surface area (Å²) >= 11 is 11.7. The smallest absolute Gasteiger partial charge is 0.255 e. The molecule has 2 saturated heterocycles. The van der Waals surface area contributed by atoms with Crippen molar-refractivity contribution >= 4 is 40.7 Å². The average molecular weight is 301 g/mol. The number of nitrogens with one attached hydrogen (secondary N) is 1. The normalized spacial score (nSPS) is 24.9. The second kappa shape index (κ2) is 4.67. The second-order valence-electron chi connectivity index (χ2n) is 4.45. The fourth-order valence-electron chi connectivity index (χ4n) is 2.12. The Morgan fingerprint density at radius 1 is 1.37 bits per heavy atom. The number of carbonyl (C=O) groups is 2. The number of hydrogen-bond donors (Lipinski definition) is 1. The second-order valence-corrected chi connectivity index (χ2v) is 5.26. The summed E-state index contributed by atoms with van der Waals surface area (Å²) in [6, 6.07) is 4.82. The van der Waals surface area contributed by atoms with Gasteiger partial charge in [0.05, 0.1) is 23.0 Å². The largest absolute Gasteiger partial charge is 0.343 e. The molecule has 0 aliphatic carbocycles. The maximum atomic E-state index is 12.0. The van der Waals surface area contributed by atoms with Crippen LogP contribution in [0, 0.1) is 0 Å². The van der Waals surface area contributed by atoms with Crippen LogP contribution in [0.4, 0.5) is 5.69 Å². The van der Waals surface area contributed by atoms with Crippen molar-refractivity contribution in [2.24, 2.45) is 0 Å². The Morgan fingerprint density at radius 2 is 2.16 bits per heavy atom. The van der Waals surface area contributed by atoms with Crippen LogP contribution >= 0.6 is 23.2 Å². The maximum absolute atomic E-state index is 12.0. The molecule has 3 rings (SSSR count). The summed E-state index contributed by atoms with van der Waals surface area (Å²) in [5.41, 5.74) is 0.545. The van der Waals surface area contributed by atoms with Crippen molar-refractivity contribution in [3.8, 4) is 0 Å². The van der Waals surface area contributed by atoms with E-state index in [1.165, 1.54) is 0 Å². The summed E-state index contributed by atoms with van der Waals surface area (Å²) in [5, 5.41) is 3.48. The lowest BCUT2D eigenvalue weighted by Gasteiger charge is -2.31. The van der Waals surface area contributed by atoms with Crippen molar-refractivity contribution in [1.29, 1.82) is 0 Å². The molecule has 0 radical (unpaired) electrons. The number of anilines is 1. The van der Waals surface area contributed by atoms with E-state index in [-0.39, 0.29) is 18.0 Å². The summed E-state index contributed by atoms with van der Waals surface area (Å²) in [4.78, 5) is 24.7. The molecule has 0 bridgehead atoms. The molecule has 0 saturated carbocycles. The molecule has 5 nitrogen and oxygen atoms in total. The van der Waals surface area contributed by atoms with E-state index < -0.39 is 6.10 Å². The predicted molar refractivity (Wildman–Crippen MR) is 70.1 cm³/mol. The topological polar surface area (TPSA) is 58.6 Å². The summed E-state index contributed by atoms with van der Waals surface area (Å²) in [7, 11) is 0. The van der Waals surface area contributed by atoms with Crippen LogP contribution in [0.15, 0.2) is 18.2 Å². The highest BCUT2D eigenvalue weighted by Gasteiger charge is 2.47. The van der Waals surface area contributed by atoms with Crippen molar-refractivity contribution in [3.05, 3.63) is 28.2 Å². The molecule has 100 valence electrons. The quantitative estimate of drug-likeness (QED) is 0.849. The van der Waals surface area contributed by atoms with Crippen LogP contribution in [0.2, 0.25) is 10.0 Å².